The second-order valence-corrected chi connectivity index (χ2v) is 3.57. The van der Waals surface area contributed by atoms with Crippen molar-refractivity contribution >= 4 is 11.6 Å². The van der Waals surface area contributed by atoms with Gasteiger partial charge < -0.3 is 15.8 Å². The summed E-state index contributed by atoms with van der Waals surface area (Å²) in [6.07, 6.45) is 3.79. The molecule has 3 N–H and O–H groups in total. The number of carbonyl (C=O) groups is 1. The van der Waals surface area contributed by atoms with Crippen LogP contribution in [0.25, 0.3) is 0 Å². The fourth-order valence-electron chi connectivity index (χ4n) is 1.20. The van der Waals surface area contributed by atoms with Crippen molar-refractivity contribution in [3.05, 3.63) is 24.0 Å². The maximum absolute atomic E-state index is 11.7. The van der Waals surface area contributed by atoms with Gasteiger partial charge in [0.1, 0.15) is 0 Å². The lowest BCUT2D eigenvalue weighted by atomic mass is 10.2. The molecule has 5 nitrogen and oxygen atoms in total. The number of nitrogens with two attached hydrogens (primary N) is 1. The Hall–Kier alpha value is -1.46. The second-order valence-electron chi connectivity index (χ2n) is 3.57. The highest BCUT2D eigenvalue weighted by atomic mass is 16.5. The van der Waals surface area contributed by atoms with Crippen molar-refractivity contribution < 1.29 is 9.53 Å². The summed E-state index contributed by atoms with van der Waals surface area (Å²) in [6, 6.07) is 1.27. The van der Waals surface area contributed by atoms with E-state index in [-0.39, 0.29) is 5.91 Å². The van der Waals surface area contributed by atoms with Crippen LogP contribution < -0.4 is 11.1 Å². The van der Waals surface area contributed by atoms with Gasteiger partial charge in [0.15, 0.2) is 0 Å². The number of ether oxygens (including phenoxy) is 1. The van der Waals surface area contributed by atoms with Gasteiger partial charge in [-0.15, -0.1) is 0 Å². The third-order valence-electron chi connectivity index (χ3n) is 2.27. The lowest BCUT2D eigenvalue weighted by Gasteiger charge is -2.12. The summed E-state index contributed by atoms with van der Waals surface area (Å²) >= 11 is 0. The van der Waals surface area contributed by atoms with Crippen molar-refractivity contribution in [2.75, 3.05) is 19.0 Å². The monoisotopic (exact) mass is 223 g/mol. The Bertz CT molecular complexity index is 355. The number of hydrogen-bond acceptors (Lipinski definition) is 4. The molecule has 1 atom stereocenters. The highest BCUT2D eigenvalue weighted by Gasteiger charge is 2.13. The van der Waals surface area contributed by atoms with Crippen LogP contribution in [-0.2, 0) is 9.53 Å². The molecule has 0 aliphatic carbocycles. The van der Waals surface area contributed by atoms with Crippen molar-refractivity contribution in [2.45, 2.75) is 19.4 Å². The molecule has 1 aromatic heterocycles. The van der Waals surface area contributed by atoms with Crippen LogP contribution >= 0.6 is 0 Å². The van der Waals surface area contributed by atoms with E-state index in [0.29, 0.717) is 18.7 Å². The van der Waals surface area contributed by atoms with Crippen LogP contribution in [0.3, 0.4) is 0 Å². The van der Waals surface area contributed by atoms with Crippen molar-refractivity contribution in [3.63, 3.8) is 0 Å². The van der Waals surface area contributed by atoms with Crippen molar-refractivity contribution in [1.29, 1.82) is 0 Å². The quantitative estimate of drug-likeness (QED) is 0.770. The molecule has 0 spiro atoms. The van der Waals surface area contributed by atoms with Crippen molar-refractivity contribution in [3.8, 4) is 0 Å². The maximum Gasteiger partial charge on any atom is 0.241 e. The van der Waals surface area contributed by atoms with Crippen LogP contribution in [0.1, 0.15) is 12.0 Å². The van der Waals surface area contributed by atoms with Crippen LogP contribution in [-0.4, -0.2) is 30.6 Å². The van der Waals surface area contributed by atoms with E-state index in [4.69, 9.17) is 10.5 Å². The Morgan fingerprint density at radius 3 is 3.06 bits per heavy atom. The molecule has 1 amide bonds. The minimum atomic E-state index is -0.556. The van der Waals surface area contributed by atoms with E-state index in [9.17, 15) is 4.79 Å². The minimum absolute atomic E-state index is 0.215. The highest BCUT2D eigenvalue weighted by molar-refractivity contribution is 5.95. The number of hydrogen-bond donors (Lipinski definition) is 2. The molecular formula is C11H17N3O2. The Balaban J connectivity index is 2.54. The first-order valence-corrected chi connectivity index (χ1v) is 5.11. The summed E-state index contributed by atoms with van der Waals surface area (Å²) in [5, 5.41) is 2.74. The molecule has 1 unspecified atom stereocenters. The average molecular weight is 223 g/mol. The lowest BCUT2D eigenvalue weighted by Crippen LogP contribution is -2.36. The summed E-state index contributed by atoms with van der Waals surface area (Å²) in [7, 11) is 1.58. The van der Waals surface area contributed by atoms with Crippen LogP contribution in [0.4, 0.5) is 5.69 Å². The molecule has 5 heteroatoms. The fourth-order valence-corrected chi connectivity index (χ4v) is 1.20. The van der Waals surface area contributed by atoms with Crippen LogP contribution in [0.5, 0.6) is 0 Å². The van der Waals surface area contributed by atoms with Gasteiger partial charge in [0.2, 0.25) is 5.91 Å². The predicted octanol–water partition coefficient (Wildman–Crippen LogP) is 0.692. The molecule has 0 aliphatic heterocycles. The smallest absolute Gasteiger partial charge is 0.241 e. The first kappa shape index (κ1) is 12.6. The molecular weight excluding hydrogens is 206 g/mol. The zero-order chi connectivity index (χ0) is 12.0. The molecule has 1 aromatic rings. The SMILES string of the molecule is COCCC(N)C(=O)Nc1cnccc1C. The minimum Gasteiger partial charge on any atom is -0.385 e. The van der Waals surface area contributed by atoms with Gasteiger partial charge in [-0.3, -0.25) is 9.78 Å². The average Bonchev–Trinajstić information content (AvgIpc) is 2.28. The summed E-state index contributed by atoms with van der Waals surface area (Å²) < 4.78 is 4.86. The number of aromatic nitrogens is 1. The van der Waals surface area contributed by atoms with Gasteiger partial charge in [-0.05, 0) is 25.0 Å². The molecule has 0 bridgehead atoms. The number of nitrogens with zero attached hydrogens (tertiary/aromatic N) is 1. The number of nitrogens with one attached hydrogen (secondary N) is 1. The van der Waals surface area contributed by atoms with E-state index in [1.54, 1.807) is 19.5 Å². The van der Waals surface area contributed by atoms with E-state index < -0.39 is 6.04 Å². The first-order chi connectivity index (χ1) is 7.65. The maximum atomic E-state index is 11.7. The Labute approximate surface area is 95.0 Å². The first-order valence-electron chi connectivity index (χ1n) is 5.11. The highest BCUT2D eigenvalue weighted by Crippen LogP contribution is 2.11. The zero-order valence-electron chi connectivity index (χ0n) is 9.56. The van der Waals surface area contributed by atoms with Crippen molar-refractivity contribution in [2.24, 2.45) is 5.73 Å². The van der Waals surface area contributed by atoms with Gasteiger partial charge in [-0.1, -0.05) is 0 Å². The van der Waals surface area contributed by atoms with Gasteiger partial charge in [0.25, 0.3) is 0 Å². The molecule has 1 heterocycles. The Morgan fingerprint density at radius 2 is 2.44 bits per heavy atom. The topological polar surface area (TPSA) is 77.2 Å². The number of carbonyl (C=O) groups excluding carboxylic acids is 1. The molecule has 0 radical (unpaired) electrons. The van der Waals surface area contributed by atoms with Gasteiger partial charge in [-0.25, -0.2) is 0 Å². The zero-order valence-corrected chi connectivity index (χ0v) is 9.56. The molecule has 0 saturated heterocycles. The van der Waals surface area contributed by atoms with Gasteiger partial charge in [-0.2, -0.15) is 0 Å². The third kappa shape index (κ3) is 3.60. The van der Waals surface area contributed by atoms with E-state index in [1.807, 2.05) is 13.0 Å². The van der Waals surface area contributed by atoms with Gasteiger partial charge in [0.05, 0.1) is 17.9 Å². The van der Waals surface area contributed by atoms with E-state index >= 15 is 0 Å². The Morgan fingerprint density at radius 1 is 1.69 bits per heavy atom. The number of rotatable bonds is 5. The molecule has 16 heavy (non-hydrogen) atoms. The molecule has 0 fully saturated rings. The summed E-state index contributed by atoms with van der Waals surface area (Å²) in [4.78, 5) is 15.6. The molecule has 0 aliphatic rings. The van der Waals surface area contributed by atoms with E-state index in [0.717, 1.165) is 5.56 Å². The van der Waals surface area contributed by atoms with E-state index in [1.165, 1.54) is 0 Å². The molecule has 0 aromatic carbocycles. The van der Waals surface area contributed by atoms with Crippen LogP contribution in [0.15, 0.2) is 18.5 Å². The van der Waals surface area contributed by atoms with Gasteiger partial charge in [0, 0.05) is 19.9 Å². The second kappa shape index (κ2) is 6.19. The standard InChI is InChI=1S/C11H17N3O2/c1-8-3-5-13-7-10(8)14-11(15)9(12)4-6-16-2/h3,5,7,9H,4,6,12H2,1-2H3,(H,14,15). The van der Waals surface area contributed by atoms with Crippen molar-refractivity contribution in [1.82, 2.24) is 4.98 Å². The molecule has 88 valence electrons. The van der Waals surface area contributed by atoms with E-state index in [2.05, 4.69) is 10.3 Å². The number of amides is 1. The van der Waals surface area contributed by atoms with Crippen LogP contribution in [0.2, 0.25) is 0 Å². The third-order valence-corrected chi connectivity index (χ3v) is 2.27. The largest absolute Gasteiger partial charge is 0.385 e. The lowest BCUT2D eigenvalue weighted by molar-refractivity contribution is -0.117. The summed E-state index contributed by atoms with van der Waals surface area (Å²) in [6.45, 7) is 2.37. The normalized spacial score (nSPS) is 12.2. The molecule has 1 rings (SSSR count). The number of anilines is 1. The predicted molar refractivity (Wildman–Crippen MR) is 62.1 cm³/mol. The Kier molecular flexibility index (Phi) is 4.88. The van der Waals surface area contributed by atoms with Gasteiger partial charge >= 0.3 is 0 Å². The number of methoxy groups -OCH3 is 1. The van der Waals surface area contributed by atoms with Crippen LogP contribution in [0, 0.1) is 6.92 Å². The number of aryl methyl sites for hydroxylation is 1. The number of pyridine rings is 1. The molecule has 0 saturated carbocycles. The fraction of sp³-hybridized carbons (Fsp3) is 0.455. The summed E-state index contributed by atoms with van der Waals surface area (Å²) in [5.74, 6) is -0.215. The summed E-state index contributed by atoms with van der Waals surface area (Å²) in [5.41, 5.74) is 7.34.